The van der Waals surface area contributed by atoms with Gasteiger partial charge in [0.25, 0.3) is 0 Å². The molecule has 0 aromatic carbocycles. The van der Waals surface area contributed by atoms with Crippen molar-refractivity contribution in [2.24, 2.45) is 0 Å². The number of aromatic nitrogens is 2. The number of likely N-dealkylation sites (tertiary alicyclic amines) is 1. The van der Waals surface area contributed by atoms with E-state index in [2.05, 4.69) is 5.10 Å². The van der Waals surface area contributed by atoms with Crippen LogP contribution in [0.2, 0.25) is 0 Å². The van der Waals surface area contributed by atoms with E-state index in [1.54, 1.807) is 33.9 Å². The maximum Gasteiger partial charge on any atom is 0.415 e. The van der Waals surface area contributed by atoms with Gasteiger partial charge in [-0.25, -0.2) is 4.79 Å². The topological polar surface area (TPSA) is 64.8 Å². The maximum absolute atomic E-state index is 12.3. The molecule has 3 heterocycles. The number of carbonyl (C=O) groups excluding carboxylic acids is 1. The largest absolute Gasteiger partial charge is 0.415 e. The lowest BCUT2D eigenvalue weighted by atomic mass is 10.1. The van der Waals surface area contributed by atoms with Crippen LogP contribution in [-0.4, -0.2) is 82.8 Å². The van der Waals surface area contributed by atoms with Gasteiger partial charge < -0.3 is 10.0 Å². The monoisotopic (exact) mass is 333 g/mol. The molecule has 0 radical (unpaired) electrons. The highest BCUT2D eigenvalue weighted by atomic mass is 19.4. The van der Waals surface area contributed by atoms with Crippen molar-refractivity contribution in [2.45, 2.75) is 18.3 Å². The number of alkyl halides is 3. The number of amides is 2. The summed E-state index contributed by atoms with van der Waals surface area (Å²) in [6.07, 6.45) is -3.59. The van der Waals surface area contributed by atoms with E-state index >= 15 is 0 Å². The summed E-state index contributed by atoms with van der Waals surface area (Å²) in [4.78, 5) is 16.7. The van der Waals surface area contributed by atoms with E-state index in [1.165, 1.54) is 4.90 Å². The summed E-state index contributed by atoms with van der Waals surface area (Å²) in [5, 5.41) is 13.2. The van der Waals surface area contributed by atoms with E-state index in [0.29, 0.717) is 31.9 Å². The highest BCUT2D eigenvalue weighted by Gasteiger charge is 2.41. The Balaban J connectivity index is 1.54. The maximum atomic E-state index is 12.3. The quantitative estimate of drug-likeness (QED) is 0.873. The van der Waals surface area contributed by atoms with Gasteiger partial charge in [0.05, 0.1) is 17.9 Å². The van der Waals surface area contributed by atoms with Crippen LogP contribution in [0.3, 0.4) is 0 Å². The Morgan fingerprint density at radius 3 is 2.65 bits per heavy atom. The van der Waals surface area contributed by atoms with Gasteiger partial charge in [-0.3, -0.25) is 14.5 Å². The molecule has 0 bridgehead atoms. The van der Waals surface area contributed by atoms with Crippen LogP contribution in [0, 0.1) is 0 Å². The molecule has 2 aliphatic rings. The zero-order valence-corrected chi connectivity index (χ0v) is 12.6. The standard InChI is InChI=1S/C13H18F3N5O2/c1-18-2-3-20(12(18)23)9-4-17-21(7-9)10-5-19(6-10)8-11(22)13(14,15)16/h4,7,10-11,22H,2-3,5-6,8H2,1H3. The number of rotatable bonds is 4. The molecular weight excluding hydrogens is 315 g/mol. The molecule has 1 aromatic heterocycles. The summed E-state index contributed by atoms with van der Waals surface area (Å²) in [6, 6.07) is -0.132. The van der Waals surface area contributed by atoms with Gasteiger partial charge in [0.2, 0.25) is 0 Å². The highest BCUT2D eigenvalue weighted by Crippen LogP contribution is 2.27. The minimum absolute atomic E-state index is 0.0420. The van der Waals surface area contributed by atoms with E-state index < -0.39 is 18.8 Å². The highest BCUT2D eigenvalue weighted by molar-refractivity contribution is 5.93. The lowest BCUT2D eigenvalue weighted by Gasteiger charge is -2.40. The number of carbonyl (C=O) groups is 1. The van der Waals surface area contributed by atoms with Crippen LogP contribution in [0.25, 0.3) is 0 Å². The average molecular weight is 333 g/mol. The van der Waals surface area contributed by atoms with E-state index in [1.807, 2.05) is 0 Å². The van der Waals surface area contributed by atoms with Crippen LogP contribution in [0.15, 0.2) is 12.4 Å². The summed E-state index contributed by atoms with van der Waals surface area (Å²) in [5.41, 5.74) is 0.688. The lowest BCUT2D eigenvalue weighted by Crippen LogP contribution is -2.52. The van der Waals surface area contributed by atoms with Crippen molar-refractivity contribution in [3.8, 4) is 0 Å². The number of hydrogen-bond donors (Lipinski definition) is 1. The molecule has 3 rings (SSSR count). The van der Waals surface area contributed by atoms with Crippen molar-refractivity contribution >= 4 is 11.7 Å². The predicted octanol–water partition coefficient (Wildman–Crippen LogP) is 0.535. The predicted molar refractivity (Wildman–Crippen MR) is 75.1 cm³/mol. The molecule has 0 saturated carbocycles. The van der Waals surface area contributed by atoms with Gasteiger partial charge in [0, 0.05) is 46.0 Å². The zero-order chi connectivity index (χ0) is 16.8. The zero-order valence-electron chi connectivity index (χ0n) is 12.6. The van der Waals surface area contributed by atoms with Gasteiger partial charge in [-0.1, -0.05) is 0 Å². The SMILES string of the molecule is CN1CCN(c2cnn(C3CN(CC(O)C(F)(F)F)C3)c2)C1=O. The third-order valence-electron chi connectivity index (χ3n) is 4.24. The Bertz CT molecular complexity index is 584. The Morgan fingerprint density at radius 1 is 1.39 bits per heavy atom. The van der Waals surface area contributed by atoms with Gasteiger partial charge in [-0.05, 0) is 0 Å². The van der Waals surface area contributed by atoms with E-state index in [-0.39, 0.29) is 12.1 Å². The van der Waals surface area contributed by atoms with Gasteiger partial charge in [0.15, 0.2) is 6.10 Å². The van der Waals surface area contributed by atoms with Crippen LogP contribution in [0.4, 0.5) is 23.7 Å². The number of urea groups is 1. The van der Waals surface area contributed by atoms with Crippen LogP contribution >= 0.6 is 0 Å². The first-order valence-corrected chi connectivity index (χ1v) is 7.29. The van der Waals surface area contributed by atoms with Crippen molar-refractivity contribution in [3.05, 3.63) is 12.4 Å². The first-order chi connectivity index (χ1) is 10.8. The Hall–Kier alpha value is -1.81. The number of β-amino-alcohol motifs (C(OH)–C–C–N with tert-alkyl or cyclic N) is 1. The smallest absolute Gasteiger partial charge is 0.382 e. The van der Waals surface area contributed by atoms with Crippen LogP contribution in [0.1, 0.15) is 6.04 Å². The number of hydrogen-bond acceptors (Lipinski definition) is 4. The molecule has 1 N–H and O–H groups in total. The number of halogens is 3. The molecule has 0 aliphatic carbocycles. The van der Waals surface area contributed by atoms with Gasteiger partial charge in [0.1, 0.15) is 0 Å². The minimum Gasteiger partial charge on any atom is -0.382 e. The first-order valence-electron chi connectivity index (χ1n) is 7.29. The molecule has 10 heteroatoms. The van der Waals surface area contributed by atoms with Crippen molar-refractivity contribution in [3.63, 3.8) is 0 Å². The summed E-state index contributed by atoms with van der Waals surface area (Å²) >= 11 is 0. The molecule has 23 heavy (non-hydrogen) atoms. The summed E-state index contributed by atoms with van der Waals surface area (Å²) in [6.45, 7) is 1.60. The fraction of sp³-hybridized carbons (Fsp3) is 0.692. The first kappa shape index (κ1) is 16.1. The Morgan fingerprint density at radius 2 is 2.09 bits per heavy atom. The van der Waals surface area contributed by atoms with Crippen LogP contribution in [-0.2, 0) is 0 Å². The number of nitrogens with zero attached hydrogens (tertiary/aromatic N) is 5. The Kier molecular flexibility index (Phi) is 3.96. The molecule has 7 nitrogen and oxygen atoms in total. The van der Waals surface area contributed by atoms with Gasteiger partial charge in [-0.15, -0.1) is 0 Å². The van der Waals surface area contributed by atoms with Gasteiger partial charge >= 0.3 is 12.2 Å². The Labute approximate surface area is 130 Å². The van der Waals surface area contributed by atoms with E-state index in [4.69, 9.17) is 5.11 Å². The molecule has 1 atom stereocenters. The minimum atomic E-state index is -4.59. The van der Waals surface area contributed by atoms with Crippen molar-refractivity contribution in [1.82, 2.24) is 19.6 Å². The third kappa shape index (κ3) is 3.13. The number of anilines is 1. The van der Waals surface area contributed by atoms with E-state index in [0.717, 1.165) is 0 Å². The van der Waals surface area contributed by atoms with Crippen molar-refractivity contribution in [2.75, 3.05) is 44.7 Å². The van der Waals surface area contributed by atoms with E-state index in [9.17, 15) is 18.0 Å². The lowest BCUT2D eigenvalue weighted by molar-refractivity contribution is -0.211. The van der Waals surface area contributed by atoms with Crippen molar-refractivity contribution in [1.29, 1.82) is 0 Å². The second kappa shape index (κ2) is 5.68. The van der Waals surface area contributed by atoms with Crippen LogP contribution in [0.5, 0.6) is 0 Å². The molecule has 1 aromatic rings. The fourth-order valence-corrected chi connectivity index (χ4v) is 2.76. The average Bonchev–Trinajstić information content (AvgIpc) is 3.00. The fourth-order valence-electron chi connectivity index (χ4n) is 2.76. The molecular formula is C13H18F3N5O2. The molecule has 128 valence electrons. The molecule has 2 saturated heterocycles. The number of likely N-dealkylation sites (N-methyl/N-ethyl adjacent to an activating group) is 1. The second-order valence-corrected chi connectivity index (χ2v) is 5.96. The van der Waals surface area contributed by atoms with Crippen LogP contribution < -0.4 is 4.90 Å². The second-order valence-electron chi connectivity index (χ2n) is 5.96. The molecule has 2 fully saturated rings. The van der Waals surface area contributed by atoms with Gasteiger partial charge in [-0.2, -0.15) is 18.3 Å². The third-order valence-corrected chi connectivity index (χ3v) is 4.24. The molecule has 2 aliphatic heterocycles. The summed E-state index contributed by atoms with van der Waals surface area (Å²) in [7, 11) is 1.72. The molecule has 2 amide bonds. The summed E-state index contributed by atoms with van der Waals surface area (Å²) in [5.74, 6) is 0. The number of aliphatic hydroxyl groups is 1. The van der Waals surface area contributed by atoms with Crippen molar-refractivity contribution < 1.29 is 23.1 Å². The normalized spacial score (nSPS) is 21.9. The molecule has 1 unspecified atom stereocenters. The molecule has 0 spiro atoms. The number of aliphatic hydroxyl groups excluding tert-OH is 1. The summed E-state index contributed by atoms with van der Waals surface area (Å²) < 4.78 is 38.6.